The van der Waals surface area contributed by atoms with Gasteiger partial charge >= 0.3 is 5.97 Å². The second kappa shape index (κ2) is 9.41. The van der Waals surface area contributed by atoms with E-state index in [-0.39, 0.29) is 17.2 Å². The number of hydrogen-bond acceptors (Lipinski definition) is 5. The number of ether oxygens (including phenoxy) is 2. The third-order valence-electron chi connectivity index (χ3n) is 5.18. The number of allylic oxidation sites excluding steroid dienone is 1. The molecule has 1 heterocycles. The van der Waals surface area contributed by atoms with Crippen molar-refractivity contribution in [2.24, 2.45) is 5.73 Å². The number of nitriles is 1. The number of nitrogens with zero attached hydrogens (tertiary/aromatic N) is 1. The Morgan fingerprint density at radius 1 is 1.09 bits per heavy atom. The fraction of sp³-hybridized carbons (Fsp3) is 0.0769. The molecule has 0 aromatic heterocycles. The van der Waals surface area contributed by atoms with Gasteiger partial charge in [0.25, 0.3) is 0 Å². The summed E-state index contributed by atoms with van der Waals surface area (Å²) in [6.07, 6.45) is 3.03. The lowest BCUT2D eigenvalue weighted by Crippen LogP contribution is -2.21. The van der Waals surface area contributed by atoms with Gasteiger partial charge in [-0.15, -0.1) is 0 Å². The van der Waals surface area contributed by atoms with E-state index in [0.717, 1.165) is 16.7 Å². The molecule has 164 valence electrons. The van der Waals surface area contributed by atoms with E-state index in [1.807, 2.05) is 31.2 Å². The zero-order chi connectivity index (χ0) is 23.5. The summed E-state index contributed by atoms with van der Waals surface area (Å²) < 4.78 is 11.1. The van der Waals surface area contributed by atoms with Gasteiger partial charge in [-0.3, -0.25) is 0 Å². The molecule has 0 fully saturated rings. The summed E-state index contributed by atoms with van der Waals surface area (Å²) in [6.45, 7) is 1.99. The van der Waals surface area contributed by atoms with Crippen LogP contribution in [-0.4, -0.2) is 5.97 Å². The molecule has 1 unspecified atom stereocenters. The number of aryl methyl sites for hydroxylation is 1. The van der Waals surface area contributed by atoms with Gasteiger partial charge in [-0.25, -0.2) is 4.79 Å². The molecule has 0 spiro atoms. The van der Waals surface area contributed by atoms with E-state index in [4.69, 9.17) is 38.4 Å². The normalized spacial score (nSPS) is 15.0. The minimum atomic E-state index is -0.534. The number of nitrogens with two attached hydrogens (primary N) is 1. The number of carbonyl (C=O) groups excluding carboxylic acids is 1. The largest absolute Gasteiger partial charge is 0.440 e. The summed E-state index contributed by atoms with van der Waals surface area (Å²) in [5.74, 6) is -0.388. The van der Waals surface area contributed by atoms with Crippen molar-refractivity contribution in [3.05, 3.63) is 110 Å². The van der Waals surface area contributed by atoms with Crippen LogP contribution in [0, 0.1) is 18.3 Å². The Labute approximate surface area is 201 Å². The van der Waals surface area contributed by atoms with Crippen LogP contribution in [0.2, 0.25) is 10.0 Å². The van der Waals surface area contributed by atoms with Crippen molar-refractivity contribution in [3.8, 4) is 17.6 Å². The second-order valence-electron chi connectivity index (χ2n) is 7.46. The van der Waals surface area contributed by atoms with Crippen LogP contribution in [0.3, 0.4) is 0 Å². The van der Waals surface area contributed by atoms with Crippen LogP contribution in [0.15, 0.2) is 78.2 Å². The SMILES string of the molecule is Cc1ccc(/C=C/C(=O)Oc2ccc3c(c2)OC(N)=C(C#N)C3c2ccc(Cl)c(Cl)c2)cc1. The molecule has 1 aliphatic heterocycles. The van der Waals surface area contributed by atoms with Crippen molar-refractivity contribution in [3.63, 3.8) is 0 Å². The molecule has 5 nitrogen and oxygen atoms in total. The minimum Gasteiger partial charge on any atom is -0.440 e. The molecular formula is C26H18Cl2N2O3. The Balaban J connectivity index is 1.61. The van der Waals surface area contributed by atoms with Crippen molar-refractivity contribution >= 4 is 35.2 Å². The van der Waals surface area contributed by atoms with Crippen molar-refractivity contribution in [1.29, 1.82) is 5.26 Å². The average molecular weight is 477 g/mol. The van der Waals surface area contributed by atoms with Gasteiger partial charge in [0.1, 0.15) is 23.1 Å². The number of fused-ring (bicyclic) bond motifs is 1. The Kier molecular flexibility index (Phi) is 6.41. The van der Waals surface area contributed by atoms with Crippen LogP contribution in [0.1, 0.15) is 28.2 Å². The summed E-state index contributed by atoms with van der Waals surface area (Å²) in [4.78, 5) is 12.3. The topological polar surface area (TPSA) is 85.3 Å². The van der Waals surface area contributed by atoms with Crippen LogP contribution < -0.4 is 15.2 Å². The van der Waals surface area contributed by atoms with Gasteiger partial charge in [0, 0.05) is 17.7 Å². The van der Waals surface area contributed by atoms with E-state index >= 15 is 0 Å². The average Bonchev–Trinajstić information content (AvgIpc) is 2.79. The molecule has 7 heteroatoms. The highest BCUT2D eigenvalue weighted by Gasteiger charge is 2.31. The number of halogens is 2. The maximum Gasteiger partial charge on any atom is 0.336 e. The zero-order valence-electron chi connectivity index (χ0n) is 17.5. The summed E-state index contributed by atoms with van der Waals surface area (Å²) in [5.41, 5.74) is 9.73. The predicted octanol–water partition coefficient (Wildman–Crippen LogP) is 6.14. The third-order valence-corrected chi connectivity index (χ3v) is 5.91. The summed E-state index contributed by atoms with van der Waals surface area (Å²) in [6, 6.07) is 19.9. The van der Waals surface area contributed by atoms with Gasteiger partial charge in [0.2, 0.25) is 5.88 Å². The fourth-order valence-electron chi connectivity index (χ4n) is 3.53. The molecule has 0 radical (unpaired) electrons. The standard InChI is InChI=1S/C26H18Cl2N2O3/c1-15-2-4-16(5-3-15)6-11-24(31)32-18-8-9-19-23(13-18)33-26(30)20(14-29)25(19)17-7-10-21(27)22(28)12-17/h2-13,25H,30H2,1H3/b11-6+. The molecule has 33 heavy (non-hydrogen) atoms. The van der Waals surface area contributed by atoms with E-state index in [2.05, 4.69) is 6.07 Å². The Hall–Kier alpha value is -3.72. The van der Waals surface area contributed by atoms with E-state index in [1.54, 1.807) is 42.5 Å². The van der Waals surface area contributed by atoms with Gasteiger partial charge < -0.3 is 15.2 Å². The molecule has 0 aliphatic carbocycles. The van der Waals surface area contributed by atoms with E-state index < -0.39 is 11.9 Å². The molecule has 1 atom stereocenters. The molecule has 0 amide bonds. The number of esters is 1. The van der Waals surface area contributed by atoms with Crippen molar-refractivity contribution in [1.82, 2.24) is 0 Å². The molecule has 0 bridgehead atoms. The second-order valence-corrected chi connectivity index (χ2v) is 8.28. The first-order valence-corrected chi connectivity index (χ1v) is 10.7. The summed E-state index contributed by atoms with van der Waals surface area (Å²) in [7, 11) is 0. The van der Waals surface area contributed by atoms with Crippen LogP contribution in [0.5, 0.6) is 11.5 Å². The highest BCUT2D eigenvalue weighted by molar-refractivity contribution is 6.42. The fourth-order valence-corrected chi connectivity index (χ4v) is 3.83. The number of carbonyl (C=O) groups is 1. The lowest BCUT2D eigenvalue weighted by atomic mass is 9.83. The Morgan fingerprint density at radius 2 is 1.85 bits per heavy atom. The van der Waals surface area contributed by atoms with Gasteiger partial charge in [0.05, 0.1) is 16.0 Å². The smallest absolute Gasteiger partial charge is 0.336 e. The first-order chi connectivity index (χ1) is 15.9. The number of rotatable bonds is 4. The molecule has 3 aromatic rings. The van der Waals surface area contributed by atoms with Gasteiger partial charge in [-0.05, 0) is 42.3 Å². The lowest BCUT2D eigenvalue weighted by Gasteiger charge is -2.27. The molecule has 0 saturated carbocycles. The van der Waals surface area contributed by atoms with Gasteiger partial charge in [-0.1, -0.05) is 65.2 Å². The van der Waals surface area contributed by atoms with Gasteiger partial charge in [0.15, 0.2) is 0 Å². The number of benzene rings is 3. The first kappa shape index (κ1) is 22.5. The molecular weight excluding hydrogens is 459 g/mol. The number of hydrogen-bond donors (Lipinski definition) is 1. The zero-order valence-corrected chi connectivity index (χ0v) is 19.0. The Morgan fingerprint density at radius 3 is 2.55 bits per heavy atom. The first-order valence-electron chi connectivity index (χ1n) is 9.99. The molecule has 4 rings (SSSR count). The minimum absolute atomic E-state index is 0.0242. The van der Waals surface area contributed by atoms with Crippen LogP contribution in [0.25, 0.3) is 6.08 Å². The maximum absolute atomic E-state index is 12.3. The highest BCUT2D eigenvalue weighted by atomic mass is 35.5. The Bertz CT molecular complexity index is 1340. The van der Waals surface area contributed by atoms with Crippen LogP contribution >= 0.6 is 23.2 Å². The van der Waals surface area contributed by atoms with Crippen molar-refractivity contribution in [2.75, 3.05) is 0 Å². The van der Waals surface area contributed by atoms with E-state index in [9.17, 15) is 10.1 Å². The van der Waals surface area contributed by atoms with Crippen molar-refractivity contribution in [2.45, 2.75) is 12.8 Å². The molecule has 3 aromatic carbocycles. The maximum atomic E-state index is 12.3. The third kappa shape index (κ3) is 4.88. The predicted molar refractivity (Wildman–Crippen MR) is 128 cm³/mol. The molecule has 1 aliphatic rings. The van der Waals surface area contributed by atoms with E-state index in [0.29, 0.717) is 21.4 Å². The van der Waals surface area contributed by atoms with Crippen molar-refractivity contribution < 1.29 is 14.3 Å². The van der Waals surface area contributed by atoms with Gasteiger partial charge in [-0.2, -0.15) is 5.26 Å². The van der Waals surface area contributed by atoms with Crippen LogP contribution in [0.4, 0.5) is 0 Å². The van der Waals surface area contributed by atoms with Crippen LogP contribution in [-0.2, 0) is 4.79 Å². The van der Waals surface area contributed by atoms with E-state index in [1.165, 1.54) is 6.08 Å². The lowest BCUT2D eigenvalue weighted by molar-refractivity contribution is -0.128. The molecule has 0 saturated heterocycles. The molecule has 2 N–H and O–H groups in total. The quantitative estimate of drug-likeness (QED) is 0.277. The summed E-state index contributed by atoms with van der Waals surface area (Å²) >= 11 is 12.2. The monoisotopic (exact) mass is 476 g/mol. The summed E-state index contributed by atoms with van der Waals surface area (Å²) in [5, 5.41) is 10.5. The highest BCUT2D eigenvalue weighted by Crippen LogP contribution is 2.44.